The second-order valence-electron chi connectivity index (χ2n) is 5.75. The predicted molar refractivity (Wildman–Crippen MR) is 88.9 cm³/mol. The van der Waals surface area contributed by atoms with Crippen LogP contribution in [0.5, 0.6) is 0 Å². The third kappa shape index (κ3) is 4.66. The molecule has 0 aromatic heterocycles. The van der Waals surface area contributed by atoms with Gasteiger partial charge in [-0.15, -0.1) is 0 Å². The summed E-state index contributed by atoms with van der Waals surface area (Å²) in [6, 6.07) is 8.18. The first kappa shape index (κ1) is 15.7. The summed E-state index contributed by atoms with van der Waals surface area (Å²) < 4.78 is 0. The number of hydrogen-bond acceptors (Lipinski definition) is 3. The number of unbranched alkanes of at least 4 members (excludes halogenated alkanes) is 1. The SMILES string of the molecule is CCCCNC(=O)C(C)Nc1ccc(N2CCCC2)cc1. The minimum Gasteiger partial charge on any atom is -0.374 e. The first-order valence-electron chi connectivity index (χ1n) is 8.10. The van der Waals surface area contributed by atoms with Gasteiger partial charge in [-0.2, -0.15) is 0 Å². The van der Waals surface area contributed by atoms with E-state index in [0.29, 0.717) is 0 Å². The van der Waals surface area contributed by atoms with Gasteiger partial charge in [-0.05, 0) is 50.5 Å². The monoisotopic (exact) mass is 289 g/mol. The standard InChI is InChI=1S/C17H27N3O/c1-3-4-11-18-17(21)14(2)19-15-7-9-16(10-8-15)20-12-5-6-13-20/h7-10,14,19H,3-6,11-13H2,1-2H3,(H,18,21). The van der Waals surface area contributed by atoms with E-state index in [9.17, 15) is 4.79 Å². The Hall–Kier alpha value is -1.71. The van der Waals surface area contributed by atoms with Gasteiger partial charge in [-0.3, -0.25) is 4.79 Å². The third-order valence-corrected chi connectivity index (χ3v) is 3.94. The molecule has 1 aromatic rings. The van der Waals surface area contributed by atoms with Gasteiger partial charge < -0.3 is 15.5 Å². The highest BCUT2D eigenvalue weighted by atomic mass is 16.2. The number of hydrogen-bond donors (Lipinski definition) is 2. The molecule has 0 bridgehead atoms. The maximum Gasteiger partial charge on any atom is 0.242 e. The number of benzene rings is 1. The highest BCUT2D eigenvalue weighted by Gasteiger charge is 2.14. The summed E-state index contributed by atoms with van der Waals surface area (Å²) in [5.74, 6) is 0.0621. The summed E-state index contributed by atoms with van der Waals surface area (Å²) in [5.41, 5.74) is 2.27. The Morgan fingerprint density at radius 3 is 2.52 bits per heavy atom. The summed E-state index contributed by atoms with van der Waals surface area (Å²) in [7, 11) is 0. The van der Waals surface area contributed by atoms with Crippen molar-refractivity contribution < 1.29 is 4.79 Å². The summed E-state index contributed by atoms with van der Waals surface area (Å²) in [5, 5.41) is 6.21. The number of carbonyl (C=O) groups excluding carboxylic acids is 1. The van der Waals surface area contributed by atoms with Crippen molar-refractivity contribution >= 4 is 17.3 Å². The molecular weight excluding hydrogens is 262 g/mol. The van der Waals surface area contributed by atoms with E-state index in [-0.39, 0.29) is 11.9 Å². The number of carbonyl (C=O) groups is 1. The van der Waals surface area contributed by atoms with Crippen LogP contribution in [0.3, 0.4) is 0 Å². The van der Waals surface area contributed by atoms with E-state index in [1.165, 1.54) is 18.5 Å². The number of amides is 1. The predicted octanol–water partition coefficient (Wildman–Crippen LogP) is 3.00. The van der Waals surface area contributed by atoms with Crippen LogP contribution in [0.2, 0.25) is 0 Å². The quantitative estimate of drug-likeness (QED) is 0.758. The fourth-order valence-corrected chi connectivity index (χ4v) is 2.60. The molecule has 1 saturated heterocycles. The third-order valence-electron chi connectivity index (χ3n) is 3.94. The van der Waals surface area contributed by atoms with Crippen LogP contribution in [0.15, 0.2) is 24.3 Å². The van der Waals surface area contributed by atoms with Crippen LogP contribution < -0.4 is 15.5 Å². The second kappa shape index (κ2) is 7.91. The van der Waals surface area contributed by atoms with Gasteiger partial charge in [0, 0.05) is 31.0 Å². The highest BCUT2D eigenvalue weighted by molar-refractivity contribution is 5.84. The average Bonchev–Trinajstić information content (AvgIpc) is 3.02. The zero-order chi connectivity index (χ0) is 15.1. The van der Waals surface area contributed by atoms with Crippen molar-refractivity contribution in [2.45, 2.75) is 45.6 Å². The van der Waals surface area contributed by atoms with Crippen LogP contribution in [0.25, 0.3) is 0 Å². The van der Waals surface area contributed by atoms with Crippen molar-refractivity contribution in [3.63, 3.8) is 0 Å². The molecule has 1 heterocycles. The highest BCUT2D eigenvalue weighted by Crippen LogP contribution is 2.22. The van der Waals surface area contributed by atoms with Crippen molar-refractivity contribution in [3.8, 4) is 0 Å². The van der Waals surface area contributed by atoms with E-state index < -0.39 is 0 Å². The van der Waals surface area contributed by atoms with Gasteiger partial charge in [0.05, 0.1) is 0 Å². The Kier molecular flexibility index (Phi) is 5.90. The molecule has 0 saturated carbocycles. The molecule has 116 valence electrons. The van der Waals surface area contributed by atoms with Crippen molar-refractivity contribution in [1.29, 1.82) is 0 Å². The maximum atomic E-state index is 11.9. The lowest BCUT2D eigenvalue weighted by Crippen LogP contribution is -2.37. The van der Waals surface area contributed by atoms with Gasteiger partial charge in [0.2, 0.25) is 5.91 Å². The van der Waals surface area contributed by atoms with Crippen LogP contribution in [0, 0.1) is 0 Å². The number of rotatable bonds is 7. The second-order valence-corrected chi connectivity index (χ2v) is 5.75. The van der Waals surface area contributed by atoms with E-state index in [4.69, 9.17) is 0 Å². The van der Waals surface area contributed by atoms with Gasteiger partial charge in [0.25, 0.3) is 0 Å². The Bertz CT molecular complexity index is 438. The summed E-state index contributed by atoms with van der Waals surface area (Å²) in [6.07, 6.45) is 4.70. The molecule has 0 aliphatic carbocycles. The number of nitrogens with zero attached hydrogens (tertiary/aromatic N) is 1. The first-order chi connectivity index (χ1) is 10.2. The van der Waals surface area contributed by atoms with Crippen LogP contribution in [0.4, 0.5) is 11.4 Å². The molecule has 2 rings (SSSR count). The van der Waals surface area contributed by atoms with E-state index in [1.807, 2.05) is 6.92 Å². The molecule has 21 heavy (non-hydrogen) atoms. The van der Waals surface area contributed by atoms with Crippen LogP contribution in [-0.2, 0) is 4.79 Å². The molecular formula is C17H27N3O. The minimum atomic E-state index is -0.209. The van der Waals surface area contributed by atoms with Crippen molar-refractivity contribution in [2.24, 2.45) is 0 Å². The number of anilines is 2. The van der Waals surface area contributed by atoms with Crippen LogP contribution in [0.1, 0.15) is 39.5 Å². The molecule has 0 spiro atoms. The van der Waals surface area contributed by atoms with Crippen molar-refractivity contribution in [2.75, 3.05) is 29.9 Å². The molecule has 2 N–H and O–H groups in total. The topological polar surface area (TPSA) is 44.4 Å². The summed E-state index contributed by atoms with van der Waals surface area (Å²) in [6.45, 7) is 7.09. The molecule has 1 amide bonds. The summed E-state index contributed by atoms with van der Waals surface area (Å²) in [4.78, 5) is 14.3. The normalized spacial score (nSPS) is 15.8. The maximum absolute atomic E-state index is 11.9. The molecule has 1 atom stereocenters. The average molecular weight is 289 g/mol. The lowest BCUT2D eigenvalue weighted by molar-refractivity contribution is -0.121. The molecule has 1 aliphatic rings. The van der Waals surface area contributed by atoms with Crippen molar-refractivity contribution in [3.05, 3.63) is 24.3 Å². The lowest BCUT2D eigenvalue weighted by Gasteiger charge is -2.19. The van der Waals surface area contributed by atoms with E-state index in [1.54, 1.807) is 0 Å². The Morgan fingerprint density at radius 2 is 1.90 bits per heavy atom. The molecule has 1 fully saturated rings. The van der Waals surface area contributed by atoms with Gasteiger partial charge in [-0.25, -0.2) is 0 Å². The Morgan fingerprint density at radius 1 is 1.24 bits per heavy atom. The zero-order valence-corrected chi connectivity index (χ0v) is 13.2. The first-order valence-corrected chi connectivity index (χ1v) is 8.10. The molecule has 1 aliphatic heterocycles. The Labute approximate surface area is 127 Å². The van der Waals surface area contributed by atoms with E-state index >= 15 is 0 Å². The van der Waals surface area contributed by atoms with Crippen LogP contribution >= 0.6 is 0 Å². The van der Waals surface area contributed by atoms with Gasteiger partial charge in [0.1, 0.15) is 6.04 Å². The summed E-state index contributed by atoms with van der Waals surface area (Å²) >= 11 is 0. The fourth-order valence-electron chi connectivity index (χ4n) is 2.60. The Balaban J connectivity index is 1.83. The number of nitrogens with one attached hydrogen (secondary N) is 2. The fraction of sp³-hybridized carbons (Fsp3) is 0.588. The van der Waals surface area contributed by atoms with Gasteiger partial charge >= 0.3 is 0 Å². The molecule has 0 radical (unpaired) electrons. The minimum absolute atomic E-state index is 0.0621. The molecule has 4 heteroatoms. The largest absolute Gasteiger partial charge is 0.374 e. The lowest BCUT2D eigenvalue weighted by atomic mass is 10.2. The zero-order valence-electron chi connectivity index (χ0n) is 13.2. The van der Waals surface area contributed by atoms with E-state index in [2.05, 4.69) is 46.7 Å². The molecule has 1 unspecified atom stereocenters. The smallest absolute Gasteiger partial charge is 0.242 e. The molecule has 1 aromatic carbocycles. The van der Waals surface area contributed by atoms with Gasteiger partial charge in [0.15, 0.2) is 0 Å². The van der Waals surface area contributed by atoms with Gasteiger partial charge in [-0.1, -0.05) is 13.3 Å². The van der Waals surface area contributed by atoms with E-state index in [0.717, 1.165) is 38.2 Å². The van der Waals surface area contributed by atoms with Crippen molar-refractivity contribution in [1.82, 2.24) is 5.32 Å². The van der Waals surface area contributed by atoms with Crippen LogP contribution in [-0.4, -0.2) is 31.6 Å². The molecule has 4 nitrogen and oxygen atoms in total.